The van der Waals surface area contributed by atoms with E-state index < -0.39 is 17.9 Å². The van der Waals surface area contributed by atoms with Gasteiger partial charge in [-0.2, -0.15) is 0 Å². The normalized spacial score (nSPS) is 12.0. The van der Waals surface area contributed by atoms with Gasteiger partial charge in [0.1, 0.15) is 6.04 Å². The molecule has 0 aliphatic carbocycles. The Hall–Kier alpha value is -1.85. The first kappa shape index (κ1) is 13.2. The van der Waals surface area contributed by atoms with Crippen molar-refractivity contribution >= 4 is 11.9 Å². The second kappa shape index (κ2) is 5.47. The van der Waals surface area contributed by atoms with Gasteiger partial charge in [0.05, 0.1) is 12.3 Å². The molecular formula is C11H16N2O4. The van der Waals surface area contributed by atoms with Crippen LogP contribution in [0.1, 0.15) is 36.0 Å². The van der Waals surface area contributed by atoms with Gasteiger partial charge >= 0.3 is 5.97 Å². The van der Waals surface area contributed by atoms with Crippen molar-refractivity contribution in [1.82, 2.24) is 10.3 Å². The SMILES string of the molecule is CCOC(=O)C(C)NC(=O)c1oc(C)nc1C. The summed E-state index contributed by atoms with van der Waals surface area (Å²) in [6, 6.07) is -0.716. The third kappa shape index (κ3) is 3.30. The molecule has 94 valence electrons. The lowest BCUT2D eigenvalue weighted by Crippen LogP contribution is -2.39. The Balaban J connectivity index is 2.66. The van der Waals surface area contributed by atoms with Crippen LogP contribution in [0.2, 0.25) is 0 Å². The highest BCUT2D eigenvalue weighted by Gasteiger charge is 2.21. The zero-order valence-electron chi connectivity index (χ0n) is 10.4. The molecule has 1 atom stereocenters. The summed E-state index contributed by atoms with van der Waals surface area (Å²) in [7, 11) is 0. The maximum absolute atomic E-state index is 11.7. The molecule has 0 aliphatic rings. The molecule has 17 heavy (non-hydrogen) atoms. The first-order valence-electron chi connectivity index (χ1n) is 5.37. The summed E-state index contributed by atoms with van der Waals surface area (Å²) in [5.41, 5.74) is 0.496. The molecule has 0 saturated heterocycles. The summed E-state index contributed by atoms with van der Waals surface area (Å²) >= 11 is 0. The van der Waals surface area contributed by atoms with Crippen LogP contribution in [0.25, 0.3) is 0 Å². The topological polar surface area (TPSA) is 81.4 Å². The predicted molar refractivity (Wildman–Crippen MR) is 59.5 cm³/mol. The van der Waals surface area contributed by atoms with E-state index in [-0.39, 0.29) is 12.4 Å². The standard InChI is InChI=1S/C11H16N2O4/c1-5-16-11(15)7(3)13-10(14)9-6(2)12-8(4)17-9/h7H,5H2,1-4H3,(H,13,14). The minimum atomic E-state index is -0.716. The Bertz CT molecular complexity index is 425. The number of carbonyl (C=O) groups excluding carboxylic acids is 2. The van der Waals surface area contributed by atoms with E-state index in [1.165, 1.54) is 0 Å². The first-order valence-corrected chi connectivity index (χ1v) is 5.37. The fourth-order valence-corrected chi connectivity index (χ4v) is 1.33. The summed E-state index contributed by atoms with van der Waals surface area (Å²) in [4.78, 5) is 27.0. The van der Waals surface area contributed by atoms with Crippen molar-refractivity contribution in [2.75, 3.05) is 6.61 Å². The Kier molecular flexibility index (Phi) is 4.25. The van der Waals surface area contributed by atoms with Crippen molar-refractivity contribution in [3.8, 4) is 0 Å². The average Bonchev–Trinajstić information content (AvgIpc) is 2.58. The predicted octanol–water partition coefficient (Wildman–Crippen LogP) is 0.973. The maximum Gasteiger partial charge on any atom is 0.328 e. The minimum absolute atomic E-state index is 0.124. The average molecular weight is 240 g/mol. The minimum Gasteiger partial charge on any atom is -0.464 e. The fraction of sp³-hybridized carbons (Fsp3) is 0.545. The molecule has 1 heterocycles. The second-order valence-corrected chi connectivity index (χ2v) is 3.59. The van der Waals surface area contributed by atoms with E-state index >= 15 is 0 Å². The highest BCUT2D eigenvalue weighted by atomic mass is 16.5. The van der Waals surface area contributed by atoms with Crippen LogP contribution in [-0.4, -0.2) is 29.5 Å². The largest absolute Gasteiger partial charge is 0.464 e. The van der Waals surface area contributed by atoms with Crippen LogP contribution in [0.5, 0.6) is 0 Å². The number of hydrogen-bond acceptors (Lipinski definition) is 5. The number of rotatable bonds is 4. The number of amides is 1. The summed E-state index contributed by atoms with van der Waals surface area (Å²) in [5, 5.41) is 2.49. The van der Waals surface area contributed by atoms with Gasteiger partial charge in [-0.1, -0.05) is 0 Å². The van der Waals surface area contributed by atoms with Crippen LogP contribution in [0.15, 0.2) is 4.42 Å². The molecule has 1 aromatic rings. The molecule has 1 amide bonds. The molecule has 0 radical (unpaired) electrons. The van der Waals surface area contributed by atoms with Crippen molar-refractivity contribution in [2.24, 2.45) is 0 Å². The summed E-state index contributed by atoms with van der Waals surface area (Å²) in [6.07, 6.45) is 0. The van der Waals surface area contributed by atoms with Crippen molar-refractivity contribution in [3.63, 3.8) is 0 Å². The van der Waals surface area contributed by atoms with E-state index in [4.69, 9.17) is 9.15 Å². The Morgan fingerprint density at radius 3 is 2.59 bits per heavy atom. The molecule has 0 bridgehead atoms. The first-order chi connectivity index (χ1) is 7.95. The van der Waals surface area contributed by atoms with E-state index in [1.54, 1.807) is 27.7 Å². The highest BCUT2D eigenvalue weighted by Crippen LogP contribution is 2.09. The molecule has 1 N–H and O–H groups in total. The van der Waals surface area contributed by atoms with E-state index in [2.05, 4.69) is 10.3 Å². The smallest absolute Gasteiger partial charge is 0.328 e. The number of carbonyl (C=O) groups is 2. The van der Waals surface area contributed by atoms with Crippen molar-refractivity contribution in [3.05, 3.63) is 17.3 Å². The number of esters is 1. The zero-order chi connectivity index (χ0) is 13.0. The van der Waals surface area contributed by atoms with Gasteiger partial charge in [0.25, 0.3) is 5.91 Å². The van der Waals surface area contributed by atoms with Gasteiger partial charge in [0.2, 0.25) is 5.76 Å². The van der Waals surface area contributed by atoms with E-state index in [0.717, 1.165) is 0 Å². The van der Waals surface area contributed by atoms with Gasteiger partial charge < -0.3 is 14.5 Å². The van der Waals surface area contributed by atoms with Gasteiger partial charge in [0.15, 0.2) is 5.89 Å². The Labute approximate surface area is 99.4 Å². The highest BCUT2D eigenvalue weighted by molar-refractivity contribution is 5.95. The molecule has 0 spiro atoms. The third-order valence-electron chi connectivity index (χ3n) is 2.10. The van der Waals surface area contributed by atoms with Gasteiger partial charge in [-0.15, -0.1) is 0 Å². The summed E-state index contributed by atoms with van der Waals surface area (Å²) in [6.45, 7) is 6.85. The van der Waals surface area contributed by atoms with Gasteiger partial charge in [-0.25, -0.2) is 9.78 Å². The summed E-state index contributed by atoms with van der Waals surface area (Å²) in [5.74, 6) is -0.409. The fourth-order valence-electron chi connectivity index (χ4n) is 1.33. The number of aromatic nitrogens is 1. The molecule has 6 heteroatoms. The van der Waals surface area contributed by atoms with Crippen molar-refractivity contribution in [1.29, 1.82) is 0 Å². The quantitative estimate of drug-likeness (QED) is 0.793. The Morgan fingerprint density at radius 1 is 1.47 bits per heavy atom. The molecule has 6 nitrogen and oxygen atoms in total. The van der Waals surface area contributed by atoms with Crippen LogP contribution in [-0.2, 0) is 9.53 Å². The monoisotopic (exact) mass is 240 g/mol. The van der Waals surface area contributed by atoms with Gasteiger partial charge in [-0.3, -0.25) is 4.79 Å². The van der Waals surface area contributed by atoms with Crippen molar-refractivity contribution < 1.29 is 18.7 Å². The third-order valence-corrected chi connectivity index (χ3v) is 2.10. The van der Waals surface area contributed by atoms with Crippen LogP contribution in [0, 0.1) is 13.8 Å². The lowest BCUT2D eigenvalue weighted by molar-refractivity contribution is -0.144. The lowest BCUT2D eigenvalue weighted by Gasteiger charge is -2.11. The summed E-state index contributed by atoms with van der Waals surface area (Å²) < 4.78 is 9.92. The second-order valence-electron chi connectivity index (χ2n) is 3.59. The number of hydrogen-bond donors (Lipinski definition) is 1. The number of nitrogens with one attached hydrogen (secondary N) is 1. The van der Waals surface area contributed by atoms with Crippen LogP contribution in [0.4, 0.5) is 0 Å². The Morgan fingerprint density at radius 2 is 2.12 bits per heavy atom. The van der Waals surface area contributed by atoms with E-state index in [0.29, 0.717) is 11.6 Å². The van der Waals surface area contributed by atoms with Gasteiger partial charge in [0, 0.05) is 6.92 Å². The molecule has 1 rings (SSSR count). The lowest BCUT2D eigenvalue weighted by atomic mass is 10.3. The molecule has 0 fully saturated rings. The zero-order valence-corrected chi connectivity index (χ0v) is 10.4. The van der Waals surface area contributed by atoms with Gasteiger partial charge in [-0.05, 0) is 20.8 Å². The van der Waals surface area contributed by atoms with E-state index in [1.807, 2.05) is 0 Å². The van der Waals surface area contributed by atoms with Crippen LogP contribution < -0.4 is 5.32 Å². The maximum atomic E-state index is 11.7. The van der Waals surface area contributed by atoms with Crippen LogP contribution >= 0.6 is 0 Å². The molecule has 0 aromatic carbocycles. The molecule has 0 aliphatic heterocycles. The molecule has 1 unspecified atom stereocenters. The molecular weight excluding hydrogens is 224 g/mol. The number of oxazole rings is 1. The van der Waals surface area contributed by atoms with Crippen molar-refractivity contribution in [2.45, 2.75) is 33.7 Å². The molecule has 0 saturated carbocycles. The molecule has 1 aromatic heterocycles. The number of aryl methyl sites for hydroxylation is 2. The number of nitrogens with zero attached hydrogens (tertiary/aromatic N) is 1. The van der Waals surface area contributed by atoms with Crippen LogP contribution in [0.3, 0.4) is 0 Å². The van der Waals surface area contributed by atoms with E-state index in [9.17, 15) is 9.59 Å². The number of ether oxygens (including phenoxy) is 1.